The largest absolute Gasteiger partial charge is 0.372 e. The number of nitrogens with one attached hydrogen (secondary N) is 2. The fourth-order valence-corrected chi connectivity index (χ4v) is 1.08. The second-order valence-electron chi connectivity index (χ2n) is 4.35. The highest BCUT2D eigenvalue weighted by Crippen LogP contribution is 1.88. The van der Waals surface area contributed by atoms with Gasteiger partial charge in [0.25, 0.3) is 0 Å². The molecule has 0 spiro atoms. The van der Waals surface area contributed by atoms with Gasteiger partial charge in [-0.2, -0.15) is 0 Å². The zero-order chi connectivity index (χ0) is 13.1. The summed E-state index contributed by atoms with van der Waals surface area (Å²) in [5.74, 6) is 0.236. The normalized spacial score (nSPS) is 10.4. The Morgan fingerprint density at radius 1 is 1.18 bits per heavy atom. The Morgan fingerprint density at radius 2 is 1.88 bits per heavy atom. The van der Waals surface area contributed by atoms with Crippen LogP contribution in [0.3, 0.4) is 0 Å². The summed E-state index contributed by atoms with van der Waals surface area (Å²) in [5, 5.41) is 5.42. The molecule has 0 aliphatic carbocycles. The van der Waals surface area contributed by atoms with Crippen molar-refractivity contribution in [1.82, 2.24) is 10.6 Å². The minimum Gasteiger partial charge on any atom is -0.372 e. The zero-order valence-electron chi connectivity index (χ0n) is 11.0. The third-order valence-corrected chi connectivity index (χ3v) is 1.96. The second-order valence-corrected chi connectivity index (χ2v) is 4.35. The van der Waals surface area contributed by atoms with Gasteiger partial charge in [0.2, 0.25) is 11.8 Å². The van der Waals surface area contributed by atoms with E-state index in [1.807, 2.05) is 20.8 Å². The third-order valence-electron chi connectivity index (χ3n) is 1.96. The molecule has 0 aliphatic heterocycles. The molecule has 100 valence electrons. The van der Waals surface area contributed by atoms with Crippen LogP contribution in [0, 0.1) is 5.92 Å². The lowest BCUT2D eigenvalue weighted by Gasteiger charge is -2.08. The average Bonchev–Trinajstić information content (AvgIpc) is 2.27. The van der Waals surface area contributed by atoms with Gasteiger partial charge in [-0.1, -0.05) is 20.8 Å². The Bertz CT molecular complexity index is 230. The maximum Gasteiger partial charge on any atom is 0.246 e. The van der Waals surface area contributed by atoms with Gasteiger partial charge in [-0.3, -0.25) is 9.59 Å². The number of rotatable bonds is 9. The van der Waals surface area contributed by atoms with Gasteiger partial charge in [-0.15, -0.1) is 0 Å². The van der Waals surface area contributed by atoms with E-state index in [9.17, 15) is 9.59 Å². The molecule has 5 heteroatoms. The van der Waals surface area contributed by atoms with Gasteiger partial charge in [0.15, 0.2) is 0 Å². The van der Waals surface area contributed by atoms with E-state index in [2.05, 4.69) is 10.6 Å². The Labute approximate surface area is 103 Å². The van der Waals surface area contributed by atoms with Crippen molar-refractivity contribution in [3.8, 4) is 0 Å². The fourth-order valence-electron chi connectivity index (χ4n) is 1.08. The van der Waals surface area contributed by atoms with Crippen molar-refractivity contribution < 1.29 is 14.3 Å². The molecule has 0 saturated carbocycles. The van der Waals surface area contributed by atoms with Gasteiger partial charge in [0.05, 0.1) is 0 Å². The van der Waals surface area contributed by atoms with Gasteiger partial charge in [0, 0.05) is 26.1 Å². The van der Waals surface area contributed by atoms with E-state index in [0.29, 0.717) is 32.0 Å². The molecule has 0 fully saturated rings. The van der Waals surface area contributed by atoms with Crippen LogP contribution in [0.1, 0.15) is 33.6 Å². The van der Waals surface area contributed by atoms with Gasteiger partial charge in [0.1, 0.15) is 6.61 Å². The van der Waals surface area contributed by atoms with Gasteiger partial charge < -0.3 is 15.4 Å². The highest BCUT2D eigenvalue weighted by molar-refractivity contribution is 5.79. The van der Waals surface area contributed by atoms with Crippen molar-refractivity contribution in [2.24, 2.45) is 5.92 Å². The van der Waals surface area contributed by atoms with Crippen LogP contribution >= 0.6 is 0 Å². The molecule has 0 aromatic heterocycles. The third kappa shape index (κ3) is 11.2. The predicted octanol–water partition coefficient (Wildman–Crippen LogP) is 0.691. The van der Waals surface area contributed by atoms with Crippen molar-refractivity contribution in [3.63, 3.8) is 0 Å². The number of hydrogen-bond acceptors (Lipinski definition) is 3. The monoisotopic (exact) mass is 244 g/mol. The van der Waals surface area contributed by atoms with Crippen molar-refractivity contribution in [3.05, 3.63) is 0 Å². The Kier molecular flexibility index (Phi) is 9.43. The van der Waals surface area contributed by atoms with Crippen molar-refractivity contribution in [1.29, 1.82) is 0 Å². The summed E-state index contributed by atoms with van der Waals surface area (Å²) in [4.78, 5) is 22.5. The highest BCUT2D eigenvalue weighted by Gasteiger charge is 2.04. The van der Waals surface area contributed by atoms with Crippen LogP contribution in [0.15, 0.2) is 0 Å². The summed E-state index contributed by atoms with van der Waals surface area (Å²) in [6, 6.07) is 0. The molecule has 0 atom stereocenters. The maximum atomic E-state index is 11.3. The minimum atomic E-state index is -0.171. The summed E-state index contributed by atoms with van der Waals surface area (Å²) in [6.07, 6.45) is 1.21. The first-order chi connectivity index (χ1) is 8.06. The number of carbonyl (C=O) groups excluding carboxylic acids is 2. The molecule has 0 heterocycles. The Morgan fingerprint density at radius 3 is 2.47 bits per heavy atom. The van der Waals surface area contributed by atoms with Crippen LogP contribution < -0.4 is 10.6 Å². The van der Waals surface area contributed by atoms with E-state index in [-0.39, 0.29) is 18.4 Å². The summed E-state index contributed by atoms with van der Waals surface area (Å²) in [5.41, 5.74) is 0. The molecular weight excluding hydrogens is 220 g/mol. The quantitative estimate of drug-likeness (QED) is 0.586. The second kappa shape index (κ2) is 10.1. The minimum absolute atomic E-state index is 0.0338. The van der Waals surface area contributed by atoms with Gasteiger partial charge >= 0.3 is 0 Å². The maximum absolute atomic E-state index is 11.3. The number of hydrogen-bond donors (Lipinski definition) is 2. The van der Waals surface area contributed by atoms with Crippen LogP contribution in [0.2, 0.25) is 0 Å². The van der Waals surface area contributed by atoms with Crippen LogP contribution in [-0.4, -0.2) is 38.1 Å². The molecule has 0 radical (unpaired) electrons. The summed E-state index contributed by atoms with van der Waals surface area (Å²) in [6.45, 7) is 7.74. The van der Waals surface area contributed by atoms with Crippen LogP contribution in [-0.2, 0) is 14.3 Å². The summed E-state index contributed by atoms with van der Waals surface area (Å²) >= 11 is 0. The molecular formula is C12H24N2O3. The van der Waals surface area contributed by atoms with Crippen molar-refractivity contribution in [2.45, 2.75) is 33.6 Å². The molecule has 5 nitrogen and oxygen atoms in total. The van der Waals surface area contributed by atoms with E-state index in [0.717, 1.165) is 6.42 Å². The van der Waals surface area contributed by atoms with Crippen LogP contribution in [0.4, 0.5) is 0 Å². The highest BCUT2D eigenvalue weighted by atomic mass is 16.5. The van der Waals surface area contributed by atoms with E-state index >= 15 is 0 Å². The molecule has 2 N–H and O–H groups in total. The smallest absolute Gasteiger partial charge is 0.246 e. The molecule has 0 unspecified atom stereocenters. The summed E-state index contributed by atoms with van der Waals surface area (Å²) < 4.78 is 5.07. The SMILES string of the molecule is CCCOCC(=O)NCCC(=O)NCC(C)C. The first-order valence-corrected chi connectivity index (χ1v) is 6.17. The van der Waals surface area contributed by atoms with E-state index in [1.54, 1.807) is 0 Å². The lowest BCUT2D eigenvalue weighted by atomic mass is 10.2. The zero-order valence-corrected chi connectivity index (χ0v) is 11.0. The van der Waals surface area contributed by atoms with E-state index in [4.69, 9.17) is 4.74 Å². The summed E-state index contributed by atoms with van der Waals surface area (Å²) in [7, 11) is 0. The molecule has 2 amide bonds. The number of carbonyl (C=O) groups is 2. The lowest BCUT2D eigenvalue weighted by Crippen LogP contribution is -2.33. The molecule has 0 rings (SSSR count). The lowest BCUT2D eigenvalue weighted by molar-refractivity contribution is -0.126. The molecule has 0 aromatic carbocycles. The first kappa shape index (κ1) is 15.9. The van der Waals surface area contributed by atoms with E-state index < -0.39 is 0 Å². The molecule has 0 saturated heterocycles. The fraction of sp³-hybridized carbons (Fsp3) is 0.833. The first-order valence-electron chi connectivity index (χ1n) is 6.17. The van der Waals surface area contributed by atoms with E-state index in [1.165, 1.54) is 0 Å². The predicted molar refractivity (Wildman–Crippen MR) is 66.6 cm³/mol. The van der Waals surface area contributed by atoms with Gasteiger partial charge in [-0.25, -0.2) is 0 Å². The molecule has 0 aliphatic rings. The van der Waals surface area contributed by atoms with Crippen molar-refractivity contribution in [2.75, 3.05) is 26.3 Å². The van der Waals surface area contributed by atoms with Crippen LogP contribution in [0.25, 0.3) is 0 Å². The number of amides is 2. The average molecular weight is 244 g/mol. The number of ether oxygens (including phenoxy) is 1. The standard InChI is InChI=1S/C12H24N2O3/c1-4-7-17-9-12(16)13-6-5-11(15)14-8-10(2)3/h10H,4-9H2,1-3H3,(H,13,16)(H,14,15). The Hall–Kier alpha value is -1.10. The van der Waals surface area contributed by atoms with Gasteiger partial charge in [-0.05, 0) is 12.3 Å². The Balaban J connectivity index is 3.42. The molecule has 0 bridgehead atoms. The molecule has 17 heavy (non-hydrogen) atoms. The molecule has 0 aromatic rings. The topological polar surface area (TPSA) is 67.4 Å². The van der Waals surface area contributed by atoms with Crippen molar-refractivity contribution >= 4 is 11.8 Å². The van der Waals surface area contributed by atoms with Crippen LogP contribution in [0.5, 0.6) is 0 Å².